The van der Waals surface area contributed by atoms with Gasteiger partial charge in [0.15, 0.2) is 0 Å². The van der Waals surface area contributed by atoms with Crippen molar-refractivity contribution in [2.24, 2.45) is 17.8 Å². The third-order valence-corrected chi connectivity index (χ3v) is 8.79. The van der Waals surface area contributed by atoms with Gasteiger partial charge in [-0.15, -0.1) is 0 Å². The minimum absolute atomic E-state index is 0.177. The molecule has 2 aromatic carbocycles. The quantitative estimate of drug-likeness (QED) is 0.568. The van der Waals surface area contributed by atoms with E-state index in [4.69, 9.17) is 9.47 Å². The Morgan fingerprint density at radius 1 is 1.06 bits per heavy atom. The molecule has 1 amide bonds. The number of hydrogen-bond acceptors (Lipinski definition) is 6. The van der Waals surface area contributed by atoms with Crippen molar-refractivity contribution in [1.82, 2.24) is 15.8 Å². The third kappa shape index (κ3) is 3.90. The van der Waals surface area contributed by atoms with Crippen LogP contribution in [0.5, 0.6) is 11.5 Å². The van der Waals surface area contributed by atoms with Crippen molar-refractivity contribution < 1.29 is 14.3 Å². The summed E-state index contributed by atoms with van der Waals surface area (Å²) >= 11 is 0. The van der Waals surface area contributed by atoms with Gasteiger partial charge in [-0.25, -0.2) is 5.43 Å². The fraction of sp³-hybridized carbons (Fsp3) is 0.536. The fourth-order valence-corrected chi connectivity index (χ4v) is 6.82. The molecular formula is C28H36N4O3. The zero-order chi connectivity index (χ0) is 24.2. The number of hydrogen-bond donors (Lipinski definition) is 3. The Kier molecular flexibility index (Phi) is 5.74. The molecule has 2 aromatic rings. The van der Waals surface area contributed by atoms with Gasteiger partial charge < -0.3 is 19.7 Å². The second-order valence-electron chi connectivity index (χ2n) is 11.0. The van der Waals surface area contributed by atoms with Crippen LogP contribution >= 0.6 is 0 Å². The maximum atomic E-state index is 13.1. The SMILES string of the molecule is COc1ccc2c(c1)[C@]1(CC1C1CCC3C(C1)NNC3c1ccc(OCCN(C)C)cc1)C(=O)N2. The van der Waals surface area contributed by atoms with Gasteiger partial charge in [-0.2, -0.15) is 0 Å². The highest BCUT2D eigenvalue weighted by molar-refractivity contribution is 6.09. The van der Waals surface area contributed by atoms with Crippen LogP contribution in [-0.2, 0) is 10.2 Å². The molecule has 35 heavy (non-hydrogen) atoms. The first-order valence-corrected chi connectivity index (χ1v) is 12.9. The number of fused-ring (bicyclic) bond motifs is 3. The largest absolute Gasteiger partial charge is 0.497 e. The molecule has 7 nitrogen and oxygen atoms in total. The van der Waals surface area contributed by atoms with Gasteiger partial charge in [0, 0.05) is 18.3 Å². The summed E-state index contributed by atoms with van der Waals surface area (Å²) in [5, 5.41) is 3.13. The van der Waals surface area contributed by atoms with Gasteiger partial charge in [0.1, 0.15) is 18.1 Å². The third-order valence-electron chi connectivity index (χ3n) is 8.79. The smallest absolute Gasteiger partial charge is 0.235 e. The second-order valence-corrected chi connectivity index (χ2v) is 11.0. The second kappa shape index (κ2) is 8.80. The van der Waals surface area contributed by atoms with Crippen LogP contribution in [0.3, 0.4) is 0 Å². The Labute approximate surface area is 207 Å². The van der Waals surface area contributed by atoms with Gasteiger partial charge in [0.25, 0.3) is 0 Å². The molecule has 0 radical (unpaired) electrons. The van der Waals surface area contributed by atoms with Crippen LogP contribution in [0.4, 0.5) is 5.69 Å². The Morgan fingerprint density at radius 3 is 2.63 bits per heavy atom. The molecule has 6 rings (SSSR count). The number of ether oxygens (including phenoxy) is 2. The van der Waals surface area contributed by atoms with Crippen LogP contribution in [0.25, 0.3) is 0 Å². The predicted octanol–water partition coefficient (Wildman–Crippen LogP) is 3.48. The van der Waals surface area contributed by atoms with Crippen molar-refractivity contribution in [1.29, 1.82) is 0 Å². The summed E-state index contributed by atoms with van der Waals surface area (Å²) in [5.74, 6) is 3.46. The number of benzene rings is 2. The summed E-state index contributed by atoms with van der Waals surface area (Å²) in [7, 11) is 5.79. The van der Waals surface area contributed by atoms with E-state index in [0.717, 1.165) is 42.1 Å². The Bertz CT molecular complexity index is 1100. The summed E-state index contributed by atoms with van der Waals surface area (Å²) in [6.45, 7) is 1.60. The van der Waals surface area contributed by atoms with Crippen LogP contribution < -0.4 is 25.6 Å². The average Bonchev–Trinajstić information content (AvgIpc) is 3.39. The summed E-state index contributed by atoms with van der Waals surface area (Å²) in [6.07, 6.45) is 4.40. The highest BCUT2D eigenvalue weighted by atomic mass is 16.5. The molecule has 186 valence electrons. The monoisotopic (exact) mass is 476 g/mol. The van der Waals surface area contributed by atoms with Crippen LogP contribution in [0.2, 0.25) is 0 Å². The number of methoxy groups -OCH3 is 1. The van der Waals surface area contributed by atoms with E-state index in [1.807, 2.05) is 12.1 Å². The van der Waals surface area contributed by atoms with Crippen molar-refractivity contribution in [3.05, 3.63) is 53.6 Å². The summed E-state index contributed by atoms with van der Waals surface area (Å²) in [5.41, 5.74) is 10.2. The molecule has 2 aliphatic heterocycles. The van der Waals surface area contributed by atoms with Crippen molar-refractivity contribution >= 4 is 11.6 Å². The predicted molar refractivity (Wildman–Crippen MR) is 136 cm³/mol. The van der Waals surface area contributed by atoms with Crippen LogP contribution in [0, 0.1) is 17.8 Å². The van der Waals surface area contributed by atoms with Gasteiger partial charge in [-0.3, -0.25) is 10.2 Å². The molecular weight excluding hydrogens is 440 g/mol. The van der Waals surface area contributed by atoms with Crippen LogP contribution in [-0.4, -0.2) is 51.2 Å². The van der Waals surface area contributed by atoms with Crippen molar-refractivity contribution in [2.45, 2.75) is 43.2 Å². The Hall–Kier alpha value is -2.61. The lowest BCUT2D eigenvalue weighted by molar-refractivity contribution is -0.118. The van der Waals surface area contributed by atoms with Gasteiger partial charge >= 0.3 is 0 Å². The summed E-state index contributed by atoms with van der Waals surface area (Å²) in [4.78, 5) is 15.2. The molecule has 0 aromatic heterocycles. The molecule has 3 fully saturated rings. The number of hydrazine groups is 1. The van der Waals surface area contributed by atoms with E-state index in [2.05, 4.69) is 65.5 Å². The molecule has 6 atom stereocenters. The van der Waals surface area contributed by atoms with Crippen LogP contribution in [0.15, 0.2) is 42.5 Å². The van der Waals surface area contributed by atoms with E-state index >= 15 is 0 Å². The van der Waals surface area contributed by atoms with Gasteiger partial charge in [-0.1, -0.05) is 12.1 Å². The molecule has 2 saturated carbocycles. The number of likely N-dealkylation sites (N-methyl/N-ethyl adjacent to an activating group) is 1. The minimum atomic E-state index is -0.352. The topological polar surface area (TPSA) is 74.9 Å². The zero-order valence-electron chi connectivity index (χ0n) is 20.8. The molecule has 0 bridgehead atoms. The summed E-state index contributed by atoms with van der Waals surface area (Å²) in [6, 6.07) is 15.3. The van der Waals surface area contributed by atoms with E-state index in [1.54, 1.807) is 7.11 Å². The first-order chi connectivity index (χ1) is 17.0. The van der Waals surface area contributed by atoms with Crippen molar-refractivity contribution in [3.63, 3.8) is 0 Å². The van der Waals surface area contributed by atoms with E-state index in [-0.39, 0.29) is 11.3 Å². The average molecular weight is 477 g/mol. The molecule has 7 heteroatoms. The van der Waals surface area contributed by atoms with E-state index < -0.39 is 0 Å². The van der Waals surface area contributed by atoms with E-state index in [9.17, 15) is 4.79 Å². The molecule has 1 saturated heterocycles. The van der Waals surface area contributed by atoms with Crippen molar-refractivity contribution in [3.8, 4) is 11.5 Å². The maximum Gasteiger partial charge on any atom is 0.235 e. The van der Waals surface area contributed by atoms with E-state index in [0.29, 0.717) is 36.4 Å². The standard InChI is InChI=1S/C28H36N4O3/c1-32(2)12-13-35-19-7-4-17(5-8-19)26-21-10-6-18(14-25(21)30-31-26)23-16-28(23)22-15-20(34-3)9-11-24(22)29-27(28)33/h4-5,7-9,11,15,18,21,23,25-26,30-31H,6,10,12-14,16H2,1-3H3,(H,29,33)/t18?,21?,23?,25?,26?,28-/m0/s1. The Morgan fingerprint density at radius 2 is 1.86 bits per heavy atom. The number of nitrogens with one attached hydrogen (secondary N) is 3. The lowest BCUT2D eigenvalue weighted by Crippen LogP contribution is -2.37. The molecule has 3 N–H and O–H groups in total. The first kappa shape index (κ1) is 22.8. The number of carbonyl (C=O) groups is 1. The lowest BCUT2D eigenvalue weighted by atomic mass is 9.72. The number of anilines is 1. The van der Waals surface area contributed by atoms with Gasteiger partial charge in [0.05, 0.1) is 18.6 Å². The minimum Gasteiger partial charge on any atom is -0.497 e. The number of amides is 1. The fourth-order valence-electron chi connectivity index (χ4n) is 6.82. The van der Waals surface area contributed by atoms with Crippen molar-refractivity contribution in [2.75, 3.05) is 39.7 Å². The molecule has 5 unspecified atom stereocenters. The van der Waals surface area contributed by atoms with Gasteiger partial charge in [-0.05, 0) is 99.0 Å². The first-order valence-electron chi connectivity index (χ1n) is 12.9. The highest BCUT2D eigenvalue weighted by Gasteiger charge is 2.67. The van der Waals surface area contributed by atoms with Gasteiger partial charge in [0.2, 0.25) is 5.91 Å². The lowest BCUT2D eigenvalue weighted by Gasteiger charge is -2.34. The Balaban J connectivity index is 1.10. The normalized spacial score (nSPS) is 32.9. The molecule has 2 aliphatic carbocycles. The zero-order valence-corrected chi connectivity index (χ0v) is 20.8. The highest BCUT2D eigenvalue weighted by Crippen LogP contribution is 2.65. The molecule has 4 aliphatic rings. The molecule has 2 heterocycles. The van der Waals surface area contributed by atoms with Crippen LogP contribution in [0.1, 0.15) is 42.9 Å². The number of carbonyl (C=O) groups excluding carboxylic acids is 1. The van der Waals surface area contributed by atoms with E-state index in [1.165, 1.54) is 18.4 Å². The summed E-state index contributed by atoms with van der Waals surface area (Å²) < 4.78 is 11.3. The number of nitrogens with zero attached hydrogens (tertiary/aromatic N) is 1. The maximum absolute atomic E-state index is 13.1. The number of rotatable bonds is 7. The molecule has 1 spiro atoms.